The Kier molecular flexibility index (Phi) is 3.82. The number of fused-ring (bicyclic) bond motifs is 2. The third-order valence-corrected chi connectivity index (χ3v) is 4.26. The molecule has 0 aromatic heterocycles. The third-order valence-electron chi connectivity index (χ3n) is 4.26. The largest absolute Gasteiger partial charge is 0.506 e. The predicted molar refractivity (Wildman–Crippen MR) is 101 cm³/mol. The summed E-state index contributed by atoms with van der Waals surface area (Å²) in [5.41, 5.74) is 0.886. The van der Waals surface area contributed by atoms with Gasteiger partial charge in [0.05, 0.1) is 11.4 Å². The number of carboxylic acid groups (broad SMARTS) is 1. The minimum atomic E-state index is -1.21. The van der Waals surface area contributed by atoms with Crippen molar-refractivity contribution in [1.82, 2.24) is 0 Å². The van der Waals surface area contributed by atoms with E-state index in [0.29, 0.717) is 22.1 Å². The van der Waals surface area contributed by atoms with Gasteiger partial charge in [-0.2, -0.15) is 0 Å². The number of aromatic carboxylic acids is 1. The number of aromatic hydroxyl groups is 1. The molecule has 0 radical (unpaired) electrons. The summed E-state index contributed by atoms with van der Waals surface area (Å²) in [6.45, 7) is 0. The Morgan fingerprint density at radius 3 is 2.12 bits per heavy atom. The van der Waals surface area contributed by atoms with Gasteiger partial charge in [-0.1, -0.05) is 60.7 Å². The Labute approximate surface area is 148 Å². The summed E-state index contributed by atoms with van der Waals surface area (Å²) in [5, 5.41) is 31.3. The molecule has 0 heterocycles. The Balaban J connectivity index is 1.90. The number of phenols is 1. The van der Waals surface area contributed by atoms with E-state index >= 15 is 0 Å². The van der Waals surface area contributed by atoms with Gasteiger partial charge in [0.15, 0.2) is 0 Å². The van der Waals surface area contributed by atoms with Gasteiger partial charge in [0.1, 0.15) is 11.3 Å². The highest BCUT2D eigenvalue weighted by molar-refractivity contribution is 6.05. The third kappa shape index (κ3) is 2.65. The zero-order valence-corrected chi connectivity index (χ0v) is 13.6. The van der Waals surface area contributed by atoms with E-state index in [1.54, 1.807) is 24.3 Å². The first-order valence-electron chi connectivity index (χ1n) is 8.02. The summed E-state index contributed by atoms with van der Waals surface area (Å²) in [6.07, 6.45) is 0. The highest BCUT2D eigenvalue weighted by atomic mass is 16.4. The van der Waals surface area contributed by atoms with E-state index in [1.165, 1.54) is 6.07 Å². The fraction of sp³-hybridized carbons (Fsp3) is 0. The number of hydrogen-bond donors (Lipinski definition) is 2. The van der Waals surface area contributed by atoms with Crippen LogP contribution in [0.3, 0.4) is 0 Å². The van der Waals surface area contributed by atoms with E-state index in [-0.39, 0.29) is 11.3 Å². The summed E-state index contributed by atoms with van der Waals surface area (Å²) in [7, 11) is 0. The lowest BCUT2D eigenvalue weighted by Crippen LogP contribution is -1.97. The van der Waals surface area contributed by atoms with Crippen LogP contribution >= 0.6 is 0 Å². The monoisotopic (exact) mass is 342 g/mol. The maximum atomic E-state index is 11.4. The molecule has 0 unspecified atom stereocenters. The standard InChI is InChI=1S/C21H14N2O3/c24-20-16-10-4-3-9-15(16)19(12-17(20)21(25)26)23-22-18-11-5-7-13-6-1-2-8-14(13)18/h1-12,24H,(H,25,26). The Morgan fingerprint density at radius 1 is 0.731 bits per heavy atom. The maximum absolute atomic E-state index is 11.4. The molecule has 0 saturated carbocycles. The van der Waals surface area contributed by atoms with Crippen LogP contribution in [-0.2, 0) is 0 Å². The molecule has 0 spiro atoms. The van der Waals surface area contributed by atoms with Crippen molar-refractivity contribution in [1.29, 1.82) is 0 Å². The summed E-state index contributed by atoms with van der Waals surface area (Å²) < 4.78 is 0. The summed E-state index contributed by atoms with van der Waals surface area (Å²) >= 11 is 0. The molecular weight excluding hydrogens is 328 g/mol. The van der Waals surface area contributed by atoms with Gasteiger partial charge in [0.25, 0.3) is 0 Å². The van der Waals surface area contributed by atoms with Crippen molar-refractivity contribution in [3.8, 4) is 5.75 Å². The number of azo groups is 1. The lowest BCUT2D eigenvalue weighted by molar-refractivity contribution is 0.0694. The highest BCUT2D eigenvalue weighted by Crippen LogP contribution is 2.37. The van der Waals surface area contributed by atoms with E-state index in [2.05, 4.69) is 10.2 Å². The molecule has 2 N–H and O–H groups in total. The quantitative estimate of drug-likeness (QED) is 0.461. The zero-order chi connectivity index (χ0) is 18.1. The normalized spacial score (nSPS) is 11.4. The van der Waals surface area contributed by atoms with Gasteiger partial charge in [0, 0.05) is 16.2 Å². The zero-order valence-electron chi connectivity index (χ0n) is 13.6. The second-order valence-corrected chi connectivity index (χ2v) is 5.84. The van der Waals surface area contributed by atoms with Crippen molar-refractivity contribution in [2.75, 3.05) is 0 Å². The molecule has 0 aliphatic carbocycles. The first-order valence-corrected chi connectivity index (χ1v) is 8.02. The molecule has 0 atom stereocenters. The van der Waals surface area contributed by atoms with Crippen LogP contribution in [-0.4, -0.2) is 16.2 Å². The van der Waals surface area contributed by atoms with Crippen molar-refractivity contribution in [3.63, 3.8) is 0 Å². The topological polar surface area (TPSA) is 82.2 Å². The summed E-state index contributed by atoms with van der Waals surface area (Å²) in [5.74, 6) is -1.48. The smallest absolute Gasteiger partial charge is 0.339 e. The van der Waals surface area contributed by atoms with Crippen LogP contribution in [0.2, 0.25) is 0 Å². The van der Waals surface area contributed by atoms with Crippen LogP contribution in [0.1, 0.15) is 10.4 Å². The summed E-state index contributed by atoms with van der Waals surface area (Å²) in [6, 6.07) is 21.9. The molecule has 0 saturated heterocycles. The lowest BCUT2D eigenvalue weighted by Gasteiger charge is -2.07. The number of hydrogen-bond acceptors (Lipinski definition) is 4. The van der Waals surface area contributed by atoms with Crippen molar-refractivity contribution in [2.24, 2.45) is 10.2 Å². The molecule has 5 heteroatoms. The molecule has 26 heavy (non-hydrogen) atoms. The van der Waals surface area contributed by atoms with E-state index in [4.69, 9.17) is 0 Å². The van der Waals surface area contributed by atoms with Gasteiger partial charge < -0.3 is 10.2 Å². The number of carbonyl (C=O) groups is 1. The average Bonchev–Trinajstić information content (AvgIpc) is 2.67. The number of rotatable bonds is 3. The summed E-state index contributed by atoms with van der Waals surface area (Å²) in [4.78, 5) is 11.4. The van der Waals surface area contributed by atoms with Crippen molar-refractivity contribution in [3.05, 3.63) is 78.4 Å². The van der Waals surface area contributed by atoms with Gasteiger partial charge in [-0.15, -0.1) is 10.2 Å². The van der Waals surface area contributed by atoms with Crippen LogP contribution in [0.4, 0.5) is 11.4 Å². The number of nitrogens with zero attached hydrogens (tertiary/aromatic N) is 2. The first kappa shape index (κ1) is 15.8. The van der Waals surface area contributed by atoms with Crippen LogP contribution in [0.5, 0.6) is 5.75 Å². The van der Waals surface area contributed by atoms with Crippen LogP contribution in [0.15, 0.2) is 83.0 Å². The SMILES string of the molecule is O=C(O)c1cc(N=Nc2cccc3ccccc23)c2ccccc2c1O. The number of benzene rings is 4. The number of carboxylic acids is 1. The molecule has 4 rings (SSSR count). The van der Waals surface area contributed by atoms with Crippen molar-refractivity contribution in [2.45, 2.75) is 0 Å². The van der Waals surface area contributed by atoms with E-state index in [0.717, 1.165) is 10.8 Å². The lowest BCUT2D eigenvalue weighted by atomic mass is 10.0. The molecule has 5 nitrogen and oxygen atoms in total. The maximum Gasteiger partial charge on any atom is 0.339 e. The fourth-order valence-corrected chi connectivity index (χ4v) is 2.99. The molecular formula is C21H14N2O3. The van der Waals surface area contributed by atoms with Gasteiger partial charge in [0.2, 0.25) is 0 Å². The Hall–Kier alpha value is -3.73. The predicted octanol–water partition coefficient (Wildman–Crippen LogP) is 5.81. The highest BCUT2D eigenvalue weighted by Gasteiger charge is 2.16. The van der Waals surface area contributed by atoms with Crippen LogP contribution in [0.25, 0.3) is 21.5 Å². The molecule has 4 aromatic carbocycles. The minimum absolute atomic E-state index is 0.199. The second-order valence-electron chi connectivity index (χ2n) is 5.84. The molecule has 0 bridgehead atoms. The van der Waals surface area contributed by atoms with Crippen molar-refractivity contribution >= 4 is 38.9 Å². The second kappa shape index (κ2) is 6.29. The Morgan fingerprint density at radius 2 is 1.35 bits per heavy atom. The van der Waals surface area contributed by atoms with Gasteiger partial charge in [-0.05, 0) is 17.5 Å². The van der Waals surface area contributed by atoms with E-state index in [1.807, 2.05) is 42.5 Å². The van der Waals surface area contributed by atoms with Gasteiger partial charge in [-0.3, -0.25) is 0 Å². The van der Waals surface area contributed by atoms with Crippen LogP contribution < -0.4 is 0 Å². The Bertz CT molecular complexity index is 1180. The van der Waals surface area contributed by atoms with Gasteiger partial charge >= 0.3 is 5.97 Å². The van der Waals surface area contributed by atoms with Crippen molar-refractivity contribution < 1.29 is 15.0 Å². The van der Waals surface area contributed by atoms with Gasteiger partial charge in [-0.25, -0.2) is 4.79 Å². The average molecular weight is 342 g/mol. The van der Waals surface area contributed by atoms with E-state index in [9.17, 15) is 15.0 Å². The molecule has 0 aliphatic heterocycles. The molecule has 0 fully saturated rings. The first-order chi connectivity index (χ1) is 12.6. The van der Waals surface area contributed by atoms with E-state index < -0.39 is 5.97 Å². The van der Waals surface area contributed by atoms with Crippen LogP contribution in [0, 0.1) is 0 Å². The molecule has 126 valence electrons. The molecule has 4 aromatic rings. The fourth-order valence-electron chi connectivity index (χ4n) is 2.99. The minimum Gasteiger partial charge on any atom is -0.506 e. The molecule has 0 aliphatic rings. The molecule has 0 amide bonds.